The van der Waals surface area contributed by atoms with Gasteiger partial charge in [-0.2, -0.15) is 0 Å². The average molecular weight is 93.8 g/mol. The van der Waals surface area contributed by atoms with Gasteiger partial charge < -0.3 is 0 Å². The SMILES string of the molecule is CB[C@@]1(C)B[C@H]1C. The molecule has 2 heteroatoms. The van der Waals surface area contributed by atoms with E-state index in [0.717, 1.165) is 11.0 Å². The van der Waals surface area contributed by atoms with Crippen LogP contribution in [0.5, 0.6) is 0 Å². The van der Waals surface area contributed by atoms with Crippen LogP contribution >= 0.6 is 0 Å². The molecular formula is C5H12B2. The standard InChI is InChI=1S/C5H12B2/c1-4-5(2,6-3)7-4/h4,6-7H,1-3H3/t4-,5-/m0/s1. The van der Waals surface area contributed by atoms with Gasteiger partial charge >= 0.3 is 0 Å². The largest absolute Gasteiger partial charge is 0.120 e. The molecule has 1 heterocycles. The highest BCUT2D eigenvalue weighted by Gasteiger charge is 2.45. The topological polar surface area (TPSA) is 0 Å². The molecule has 1 saturated heterocycles. The number of hydrogen-bond acceptors (Lipinski definition) is 0. The van der Waals surface area contributed by atoms with Crippen LogP contribution in [0.2, 0.25) is 17.9 Å². The zero-order valence-electron chi connectivity index (χ0n) is 5.49. The zero-order valence-corrected chi connectivity index (χ0v) is 5.49. The van der Waals surface area contributed by atoms with Crippen molar-refractivity contribution in [2.24, 2.45) is 0 Å². The molecule has 0 aromatic rings. The highest BCUT2D eigenvalue weighted by Crippen LogP contribution is 2.54. The summed E-state index contributed by atoms with van der Waals surface area (Å²) >= 11 is 0. The molecule has 1 fully saturated rings. The summed E-state index contributed by atoms with van der Waals surface area (Å²) in [4.78, 5) is 0. The molecule has 0 bridgehead atoms. The fourth-order valence-corrected chi connectivity index (χ4v) is 1.13. The highest BCUT2D eigenvalue weighted by molar-refractivity contribution is 6.74. The third-order valence-electron chi connectivity index (χ3n) is 2.61. The van der Waals surface area contributed by atoms with E-state index in [1.54, 1.807) is 0 Å². The molecule has 1 rings (SSSR count). The van der Waals surface area contributed by atoms with Crippen LogP contribution in [0.25, 0.3) is 0 Å². The maximum Gasteiger partial charge on any atom is 0.120 e. The molecule has 0 aromatic heterocycles. The minimum atomic E-state index is 0.750. The summed E-state index contributed by atoms with van der Waals surface area (Å²) < 4.78 is 0. The lowest BCUT2D eigenvalue weighted by Crippen LogP contribution is -1.94. The van der Waals surface area contributed by atoms with Crippen molar-refractivity contribution < 1.29 is 0 Å². The van der Waals surface area contributed by atoms with Gasteiger partial charge in [-0.25, -0.2) is 0 Å². The van der Waals surface area contributed by atoms with E-state index in [1.807, 2.05) is 0 Å². The molecule has 0 saturated carbocycles. The van der Waals surface area contributed by atoms with Crippen LogP contribution < -0.4 is 0 Å². The van der Waals surface area contributed by atoms with Crippen LogP contribution in [0, 0.1) is 0 Å². The first-order chi connectivity index (χ1) is 3.19. The molecule has 0 amide bonds. The van der Waals surface area contributed by atoms with Crippen molar-refractivity contribution in [3.63, 3.8) is 0 Å². The normalized spacial score (nSPS) is 47.6. The zero-order chi connectivity index (χ0) is 5.49. The van der Waals surface area contributed by atoms with E-state index in [2.05, 4.69) is 20.7 Å². The number of rotatable bonds is 1. The van der Waals surface area contributed by atoms with Gasteiger partial charge in [0, 0.05) is 0 Å². The summed E-state index contributed by atoms with van der Waals surface area (Å²) in [5, 5.41) is 0.750. The second-order valence-electron chi connectivity index (χ2n) is 3.11. The van der Waals surface area contributed by atoms with Crippen LogP contribution in [0.1, 0.15) is 13.8 Å². The summed E-state index contributed by atoms with van der Waals surface area (Å²) in [5.74, 6) is 1.01. The molecule has 0 nitrogen and oxygen atoms in total. The lowest BCUT2D eigenvalue weighted by molar-refractivity contribution is 0.932. The van der Waals surface area contributed by atoms with Crippen LogP contribution in [0.4, 0.5) is 0 Å². The highest BCUT2D eigenvalue weighted by atomic mass is 14.2. The Morgan fingerprint density at radius 2 is 2.14 bits per heavy atom. The molecule has 7 heavy (non-hydrogen) atoms. The van der Waals surface area contributed by atoms with Gasteiger partial charge in [-0.05, 0) is 0 Å². The summed E-state index contributed by atoms with van der Waals surface area (Å²) in [5.41, 5.74) is 0. The van der Waals surface area contributed by atoms with Gasteiger partial charge in [-0.15, -0.1) is 0 Å². The minimum Gasteiger partial charge on any atom is -0.0895 e. The minimum absolute atomic E-state index is 0.750. The lowest BCUT2D eigenvalue weighted by atomic mass is 9.57. The monoisotopic (exact) mass is 94.1 g/mol. The molecule has 0 unspecified atom stereocenters. The third kappa shape index (κ3) is 0.711. The Labute approximate surface area is 47.2 Å². The molecule has 0 radical (unpaired) electrons. The van der Waals surface area contributed by atoms with Crippen LogP contribution in [0.15, 0.2) is 0 Å². The molecule has 0 aromatic carbocycles. The van der Waals surface area contributed by atoms with E-state index in [9.17, 15) is 0 Å². The van der Waals surface area contributed by atoms with E-state index in [1.165, 1.54) is 14.6 Å². The first-order valence-electron chi connectivity index (χ1n) is 3.19. The van der Waals surface area contributed by atoms with E-state index in [4.69, 9.17) is 0 Å². The van der Waals surface area contributed by atoms with Gasteiger partial charge in [-0.1, -0.05) is 31.7 Å². The van der Waals surface area contributed by atoms with Crippen LogP contribution in [-0.4, -0.2) is 14.6 Å². The van der Waals surface area contributed by atoms with E-state index in [-0.39, 0.29) is 0 Å². The van der Waals surface area contributed by atoms with Crippen molar-refractivity contribution >= 4 is 14.6 Å². The van der Waals surface area contributed by atoms with Crippen molar-refractivity contribution in [2.75, 3.05) is 0 Å². The van der Waals surface area contributed by atoms with Gasteiger partial charge in [-0.3, -0.25) is 0 Å². The molecular weight excluding hydrogens is 81.7 g/mol. The van der Waals surface area contributed by atoms with E-state index in [0.29, 0.717) is 0 Å². The lowest BCUT2D eigenvalue weighted by Gasteiger charge is -2.00. The van der Waals surface area contributed by atoms with Crippen LogP contribution in [-0.2, 0) is 0 Å². The summed E-state index contributed by atoms with van der Waals surface area (Å²) in [6.07, 6.45) is 0. The van der Waals surface area contributed by atoms with Crippen LogP contribution in [0.3, 0.4) is 0 Å². The molecule has 0 aliphatic carbocycles. The Hall–Kier alpha value is 0.130. The Morgan fingerprint density at radius 1 is 1.71 bits per heavy atom. The van der Waals surface area contributed by atoms with Crippen molar-refractivity contribution in [3.8, 4) is 0 Å². The maximum atomic E-state index is 2.37. The van der Waals surface area contributed by atoms with Gasteiger partial charge in [0.25, 0.3) is 0 Å². The van der Waals surface area contributed by atoms with Gasteiger partial charge in [0.05, 0.1) is 0 Å². The predicted octanol–water partition coefficient (Wildman–Crippen LogP) is 0.866. The fourth-order valence-electron chi connectivity index (χ4n) is 1.13. The first kappa shape index (κ1) is 5.27. The molecule has 0 N–H and O–H groups in total. The third-order valence-corrected chi connectivity index (χ3v) is 2.61. The van der Waals surface area contributed by atoms with Gasteiger partial charge in [0.15, 0.2) is 0 Å². The van der Waals surface area contributed by atoms with Crippen molar-refractivity contribution in [1.82, 2.24) is 0 Å². The Balaban J connectivity index is 2.36. The summed E-state index contributed by atoms with van der Waals surface area (Å²) in [7, 11) is 2.83. The molecule has 0 spiro atoms. The average Bonchev–Trinajstić information content (AvgIpc) is 2.18. The van der Waals surface area contributed by atoms with Crippen molar-refractivity contribution in [1.29, 1.82) is 0 Å². The molecule has 2 atom stereocenters. The quantitative estimate of drug-likeness (QED) is 0.422. The van der Waals surface area contributed by atoms with Gasteiger partial charge in [0.1, 0.15) is 14.6 Å². The Kier molecular flexibility index (Phi) is 0.980. The Morgan fingerprint density at radius 3 is 2.14 bits per heavy atom. The second kappa shape index (κ2) is 1.30. The molecule has 38 valence electrons. The Bertz CT molecular complexity index is 78.1. The summed E-state index contributed by atoms with van der Waals surface area (Å²) in [6.45, 7) is 6.99. The fraction of sp³-hybridized carbons (Fsp3) is 1.00. The molecule has 1 aliphatic heterocycles. The summed E-state index contributed by atoms with van der Waals surface area (Å²) in [6, 6.07) is 0. The molecule has 1 aliphatic rings. The van der Waals surface area contributed by atoms with Crippen molar-refractivity contribution in [2.45, 2.75) is 31.7 Å². The van der Waals surface area contributed by atoms with E-state index >= 15 is 0 Å². The van der Waals surface area contributed by atoms with Crippen molar-refractivity contribution in [3.05, 3.63) is 0 Å². The predicted molar refractivity (Wildman–Crippen MR) is 38.0 cm³/mol. The smallest absolute Gasteiger partial charge is 0.0895 e. The van der Waals surface area contributed by atoms with E-state index < -0.39 is 0 Å². The second-order valence-corrected chi connectivity index (χ2v) is 3.11. The first-order valence-corrected chi connectivity index (χ1v) is 3.19. The maximum absolute atomic E-state index is 2.37. The number of hydrogen-bond donors (Lipinski definition) is 0. The van der Waals surface area contributed by atoms with Gasteiger partial charge in [0.2, 0.25) is 0 Å².